The van der Waals surface area contributed by atoms with Crippen LogP contribution < -0.4 is 15.4 Å². The van der Waals surface area contributed by atoms with Crippen molar-refractivity contribution in [3.63, 3.8) is 0 Å². The Balaban J connectivity index is 2.37. The lowest BCUT2D eigenvalue weighted by atomic mass is 10.0. The number of hydrogen-bond acceptors (Lipinski definition) is 5. The number of nitrogens with zero attached hydrogens (tertiary/aromatic N) is 1. The maximum Gasteiger partial charge on any atom is 0.293 e. The second-order valence-corrected chi connectivity index (χ2v) is 7.55. The van der Waals surface area contributed by atoms with Gasteiger partial charge >= 0.3 is 0 Å². The van der Waals surface area contributed by atoms with Gasteiger partial charge in [0.2, 0.25) is 0 Å². The maximum absolute atomic E-state index is 12.6. The highest BCUT2D eigenvalue weighted by Gasteiger charge is 2.24. The normalized spacial score (nSPS) is 18.2. The molecule has 1 aliphatic carbocycles. The lowest BCUT2D eigenvalue weighted by Crippen LogP contribution is -2.26. The molecule has 1 unspecified atom stereocenters. The van der Waals surface area contributed by atoms with Crippen LogP contribution in [0.1, 0.15) is 23.7 Å². The van der Waals surface area contributed by atoms with Crippen molar-refractivity contribution in [1.29, 1.82) is 0 Å². The topological polar surface area (TPSA) is 93.5 Å². The van der Waals surface area contributed by atoms with Crippen molar-refractivity contribution in [2.45, 2.75) is 24.1 Å². The molecule has 1 aromatic rings. The van der Waals surface area contributed by atoms with E-state index in [0.717, 1.165) is 12.1 Å². The van der Waals surface area contributed by atoms with Crippen molar-refractivity contribution in [3.05, 3.63) is 39.6 Å². The molecule has 27 heavy (non-hydrogen) atoms. The van der Waals surface area contributed by atoms with Gasteiger partial charge in [-0.05, 0) is 25.3 Å². The predicted molar refractivity (Wildman–Crippen MR) is 99.4 cm³/mol. The molecule has 0 bridgehead atoms. The van der Waals surface area contributed by atoms with Gasteiger partial charge in [-0.1, -0.05) is 21.9 Å². The first-order valence-electron chi connectivity index (χ1n) is 7.77. The van der Waals surface area contributed by atoms with Gasteiger partial charge in [0.15, 0.2) is 0 Å². The number of allylic oxidation sites excluding steroid dienone is 2. The number of hydrogen-bond donors (Lipinski definition) is 2. The van der Waals surface area contributed by atoms with Crippen LogP contribution in [0.4, 0.5) is 20.2 Å². The first kappa shape index (κ1) is 20.6. The van der Waals surface area contributed by atoms with Crippen LogP contribution in [-0.4, -0.2) is 35.2 Å². The summed E-state index contributed by atoms with van der Waals surface area (Å²) >= 11 is 3.41. The van der Waals surface area contributed by atoms with Gasteiger partial charge in [-0.2, -0.15) is 0 Å². The Labute approximate surface area is 162 Å². The largest absolute Gasteiger partial charge is 0.487 e. The number of nitro benzene ring substituents is 1. The Morgan fingerprint density at radius 3 is 2.74 bits per heavy atom. The van der Waals surface area contributed by atoms with Crippen LogP contribution in [0.5, 0.6) is 5.75 Å². The summed E-state index contributed by atoms with van der Waals surface area (Å²) in [5.41, 5.74) is -0.273. The quantitative estimate of drug-likeness (QED) is 0.291. The zero-order chi connectivity index (χ0) is 20.2. The molecule has 1 amide bonds. The summed E-state index contributed by atoms with van der Waals surface area (Å²) in [6.07, 6.45) is -0.541. The van der Waals surface area contributed by atoms with Crippen molar-refractivity contribution >= 4 is 33.2 Å². The van der Waals surface area contributed by atoms with Crippen LogP contribution in [0.15, 0.2) is 23.9 Å². The van der Waals surface area contributed by atoms with Gasteiger partial charge in [-0.25, -0.2) is 8.78 Å². The molecule has 1 aliphatic rings. The van der Waals surface area contributed by atoms with E-state index in [1.165, 1.54) is 7.05 Å². The standard InChI is InChI=1S/C17H16BrF2N3O4/c1-17(18)5-3-10(4-6-17)22-16(24)11-7-13(23(25)26)12(21-2)8-14(11)27-9-15(19)20/h3,7-8,15,21H,5,9H2,1-2H3,(H,22,24). The zero-order valence-corrected chi connectivity index (χ0v) is 16.0. The average molecular weight is 444 g/mol. The number of alkyl halides is 3. The minimum Gasteiger partial charge on any atom is -0.487 e. The molecule has 0 spiro atoms. The molecule has 144 valence electrons. The third kappa shape index (κ3) is 5.40. The second kappa shape index (κ2) is 8.35. The summed E-state index contributed by atoms with van der Waals surface area (Å²) in [5, 5.41) is 16.3. The SMILES string of the molecule is CNc1cc(OCC(F)F)c(C(=O)NC2=CCC(C)(Br)C#C2)cc1[N+](=O)[O-]. The van der Waals surface area contributed by atoms with Gasteiger partial charge < -0.3 is 15.4 Å². The molecule has 2 rings (SSSR count). The summed E-state index contributed by atoms with van der Waals surface area (Å²) < 4.78 is 29.6. The third-order valence-electron chi connectivity index (χ3n) is 3.57. The number of anilines is 1. The third-order valence-corrected chi connectivity index (χ3v) is 4.09. The van der Waals surface area contributed by atoms with Gasteiger partial charge in [0.25, 0.3) is 18.0 Å². The minimum atomic E-state index is -2.77. The predicted octanol–water partition coefficient (Wildman–Crippen LogP) is 3.45. The van der Waals surface area contributed by atoms with E-state index in [1.807, 2.05) is 6.92 Å². The Hall–Kier alpha value is -2.67. The summed E-state index contributed by atoms with van der Waals surface area (Å²) in [6, 6.07) is 2.12. The van der Waals surface area contributed by atoms with Crippen molar-refractivity contribution in [3.8, 4) is 17.6 Å². The van der Waals surface area contributed by atoms with E-state index in [4.69, 9.17) is 4.74 Å². The van der Waals surface area contributed by atoms with Crippen LogP contribution in [0.3, 0.4) is 0 Å². The smallest absolute Gasteiger partial charge is 0.293 e. The van der Waals surface area contributed by atoms with Crippen molar-refractivity contribution in [1.82, 2.24) is 5.32 Å². The molecule has 1 aromatic carbocycles. The Bertz CT molecular complexity index is 860. The van der Waals surface area contributed by atoms with Crippen LogP contribution in [-0.2, 0) is 0 Å². The van der Waals surface area contributed by atoms with Crippen molar-refractivity contribution < 1.29 is 23.2 Å². The van der Waals surface area contributed by atoms with E-state index in [0.29, 0.717) is 12.1 Å². The molecule has 1 atom stereocenters. The number of amides is 1. The number of benzene rings is 1. The molecule has 10 heteroatoms. The van der Waals surface area contributed by atoms with Gasteiger partial charge in [0.1, 0.15) is 18.0 Å². The molecule has 0 aromatic heterocycles. The van der Waals surface area contributed by atoms with Gasteiger partial charge in [0, 0.05) is 19.2 Å². The van der Waals surface area contributed by atoms with Crippen LogP contribution in [0.2, 0.25) is 0 Å². The molecule has 0 saturated heterocycles. The summed E-state index contributed by atoms with van der Waals surface area (Å²) in [4.78, 5) is 23.1. The first-order valence-corrected chi connectivity index (χ1v) is 8.57. The lowest BCUT2D eigenvalue weighted by Gasteiger charge is -2.18. The Kier molecular flexibility index (Phi) is 6.38. The second-order valence-electron chi connectivity index (χ2n) is 5.80. The van der Waals surface area contributed by atoms with Crippen LogP contribution in [0.25, 0.3) is 0 Å². The fourth-order valence-corrected chi connectivity index (χ4v) is 2.50. The number of nitrogens with one attached hydrogen (secondary N) is 2. The number of carbonyl (C=O) groups is 1. The number of rotatable bonds is 7. The van der Waals surface area contributed by atoms with Crippen LogP contribution >= 0.6 is 15.9 Å². The number of carbonyl (C=O) groups excluding carboxylic acids is 1. The lowest BCUT2D eigenvalue weighted by molar-refractivity contribution is -0.384. The van der Waals surface area contributed by atoms with Crippen molar-refractivity contribution in [2.24, 2.45) is 0 Å². The molecule has 0 fully saturated rings. The molecule has 7 nitrogen and oxygen atoms in total. The molecule has 0 radical (unpaired) electrons. The summed E-state index contributed by atoms with van der Waals surface area (Å²) in [7, 11) is 1.43. The maximum atomic E-state index is 12.6. The monoisotopic (exact) mass is 443 g/mol. The number of nitro groups is 1. The zero-order valence-electron chi connectivity index (χ0n) is 14.4. The Morgan fingerprint density at radius 1 is 1.52 bits per heavy atom. The van der Waals surface area contributed by atoms with Crippen molar-refractivity contribution in [2.75, 3.05) is 19.0 Å². The van der Waals surface area contributed by atoms with E-state index >= 15 is 0 Å². The fraction of sp³-hybridized carbons (Fsp3) is 0.353. The highest BCUT2D eigenvalue weighted by Crippen LogP contribution is 2.33. The highest BCUT2D eigenvalue weighted by atomic mass is 79.9. The van der Waals surface area contributed by atoms with Gasteiger partial charge in [0.05, 0.1) is 20.5 Å². The molecule has 0 aliphatic heterocycles. The van der Waals surface area contributed by atoms with E-state index < -0.39 is 28.2 Å². The fourth-order valence-electron chi connectivity index (χ4n) is 2.23. The molecular weight excluding hydrogens is 428 g/mol. The van der Waals surface area contributed by atoms with E-state index in [2.05, 4.69) is 38.4 Å². The van der Waals surface area contributed by atoms with Gasteiger partial charge in [-0.15, -0.1) is 0 Å². The molecular formula is C17H16BrF2N3O4. The molecule has 0 saturated carbocycles. The molecule has 0 heterocycles. The average Bonchev–Trinajstić information content (AvgIpc) is 2.60. The summed E-state index contributed by atoms with van der Waals surface area (Å²) in [5.74, 6) is 4.72. The van der Waals surface area contributed by atoms with E-state index in [9.17, 15) is 23.7 Å². The molecule has 2 N–H and O–H groups in total. The number of halogens is 3. The minimum absolute atomic E-state index is 0.0348. The number of ether oxygens (including phenoxy) is 1. The van der Waals surface area contributed by atoms with Gasteiger partial charge in [-0.3, -0.25) is 14.9 Å². The first-order chi connectivity index (χ1) is 12.6. The Morgan fingerprint density at radius 2 is 2.22 bits per heavy atom. The van der Waals surface area contributed by atoms with Crippen LogP contribution in [0, 0.1) is 22.0 Å². The van der Waals surface area contributed by atoms with E-state index in [1.54, 1.807) is 6.08 Å². The summed E-state index contributed by atoms with van der Waals surface area (Å²) in [6.45, 7) is 0.914. The highest BCUT2D eigenvalue weighted by molar-refractivity contribution is 9.10. The van der Waals surface area contributed by atoms with E-state index in [-0.39, 0.29) is 22.7 Å².